The van der Waals surface area contributed by atoms with E-state index in [1.54, 1.807) is 12.1 Å². The molecule has 0 aliphatic carbocycles. The van der Waals surface area contributed by atoms with Crippen molar-refractivity contribution in [2.24, 2.45) is 0 Å². The van der Waals surface area contributed by atoms with Crippen molar-refractivity contribution in [1.29, 1.82) is 0 Å². The largest absolute Gasteiger partial charge is 0.504 e. The first-order valence-electron chi connectivity index (χ1n) is 10.7. The molecule has 0 saturated carbocycles. The molecule has 2 saturated heterocycles. The number of aromatic hydroxyl groups is 1. The average molecular weight is 399 g/mol. The Morgan fingerprint density at radius 2 is 2.07 bits per heavy atom. The molecule has 0 spiro atoms. The number of para-hydroxylation sites is 1. The average Bonchev–Trinajstić information content (AvgIpc) is 3.26. The second-order valence-electron chi connectivity index (χ2n) is 7.96. The Bertz CT molecular complexity index is 892. The van der Waals surface area contributed by atoms with Crippen LogP contribution in [-0.4, -0.2) is 52.8 Å². The monoisotopic (exact) mass is 398 g/mol. The van der Waals surface area contributed by atoms with Gasteiger partial charge in [0, 0.05) is 43.7 Å². The number of hydrogen-bond acceptors (Lipinski definition) is 6. The Balaban J connectivity index is 1.49. The summed E-state index contributed by atoms with van der Waals surface area (Å²) in [6, 6.07) is 7.31. The third-order valence-electron chi connectivity index (χ3n) is 5.85. The van der Waals surface area contributed by atoms with Crippen molar-refractivity contribution in [1.82, 2.24) is 14.9 Å². The molecule has 4 rings (SSSR count). The van der Waals surface area contributed by atoms with E-state index in [1.165, 1.54) is 0 Å². The normalized spacial score (nSPS) is 20.2. The number of benzene rings is 1. The molecule has 1 unspecified atom stereocenters. The number of aromatic nitrogens is 2. The smallest absolute Gasteiger partial charge is 0.252 e. The maximum Gasteiger partial charge on any atom is 0.252 e. The highest BCUT2D eigenvalue weighted by Crippen LogP contribution is 2.33. The minimum Gasteiger partial charge on any atom is -0.504 e. The third-order valence-corrected chi connectivity index (χ3v) is 5.85. The summed E-state index contributed by atoms with van der Waals surface area (Å²) in [5, 5.41) is 10.5. The van der Waals surface area contributed by atoms with Gasteiger partial charge in [-0.05, 0) is 45.2 Å². The lowest BCUT2D eigenvalue weighted by Gasteiger charge is -2.33. The van der Waals surface area contributed by atoms with Gasteiger partial charge in [0.15, 0.2) is 11.5 Å². The molecular weight excluding hydrogens is 368 g/mol. The molecule has 29 heavy (non-hydrogen) atoms. The minimum atomic E-state index is -0.0731. The molecule has 7 nitrogen and oxygen atoms in total. The summed E-state index contributed by atoms with van der Waals surface area (Å²) in [6.07, 6.45) is 4.37. The third kappa shape index (κ3) is 4.56. The van der Waals surface area contributed by atoms with Crippen LogP contribution in [-0.2, 0) is 6.54 Å². The number of nitrogens with zero attached hydrogens (tertiary/aromatic N) is 3. The van der Waals surface area contributed by atoms with Gasteiger partial charge in [-0.15, -0.1) is 0 Å². The first-order chi connectivity index (χ1) is 14.1. The molecule has 2 aliphatic rings. The summed E-state index contributed by atoms with van der Waals surface area (Å²) >= 11 is 0. The molecule has 2 aliphatic heterocycles. The maximum absolute atomic E-state index is 12.2. The maximum atomic E-state index is 12.2. The van der Waals surface area contributed by atoms with Gasteiger partial charge in [-0.2, -0.15) is 0 Å². The lowest BCUT2D eigenvalue weighted by atomic mass is 9.94. The Morgan fingerprint density at radius 3 is 2.86 bits per heavy atom. The topological polar surface area (TPSA) is 81.7 Å². The molecule has 1 aromatic carbocycles. The van der Waals surface area contributed by atoms with Crippen LogP contribution in [0, 0.1) is 0 Å². The summed E-state index contributed by atoms with van der Waals surface area (Å²) in [5.41, 5.74) is 1.68. The van der Waals surface area contributed by atoms with E-state index in [0.29, 0.717) is 24.8 Å². The number of H-pyrrole nitrogens is 1. The van der Waals surface area contributed by atoms with E-state index in [0.717, 1.165) is 63.1 Å². The van der Waals surface area contributed by atoms with Crippen molar-refractivity contribution in [2.45, 2.75) is 45.1 Å². The van der Waals surface area contributed by atoms with Crippen LogP contribution in [0.5, 0.6) is 11.5 Å². The van der Waals surface area contributed by atoms with Crippen LogP contribution >= 0.6 is 0 Å². The number of rotatable bonds is 6. The highest BCUT2D eigenvalue weighted by atomic mass is 16.5. The SMILES string of the molecule is CCOc1cccc(CN2CCCC(c3cc(=O)[nH]c(N4CCCC4)n3)C2)c1O. The van der Waals surface area contributed by atoms with Gasteiger partial charge >= 0.3 is 0 Å². The highest BCUT2D eigenvalue weighted by Gasteiger charge is 2.25. The number of phenols is 1. The van der Waals surface area contributed by atoms with Gasteiger partial charge in [0.1, 0.15) is 0 Å². The first kappa shape index (κ1) is 19.8. The number of aromatic amines is 1. The number of phenolic OH excluding ortho intramolecular Hbond substituents is 1. The summed E-state index contributed by atoms with van der Waals surface area (Å²) in [7, 11) is 0. The first-order valence-corrected chi connectivity index (χ1v) is 10.7. The van der Waals surface area contributed by atoms with Crippen LogP contribution in [0.4, 0.5) is 5.95 Å². The van der Waals surface area contributed by atoms with Crippen LogP contribution in [0.1, 0.15) is 49.8 Å². The fourth-order valence-electron chi connectivity index (χ4n) is 4.40. The molecule has 0 bridgehead atoms. The summed E-state index contributed by atoms with van der Waals surface area (Å²) in [5.74, 6) is 1.70. The van der Waals surface area contributed by atoms with Crippen molar-refractivity contribution in [3.8, 4) is 11.5 Å². The van der Waals surface area contributed by atoms with Crippen LogP contribution in [0.3, 0.4) is 0 Å². The zero-order valence-electron chi connectivity index (χ0n) is 17.1. The van der Waals surface area contributed by atoms with Crippen molar-refractivity contribution in [3.05, 3.63) is 45.9 Å². The van der Waals surface area contributed by atoms with Crippen molar-refractivity contribution < 1.29 is 9.84 Å². The molecule has 2 N–H and O–H groups in total. The number of likely N-dealkylation sites (tertiary alicyclic amines) is 1. The Morgan fingerprint density at radius 1 is 1.24 bits per heavy atom. The van der Waals surface area contributed by atoms with Crippen molar-refractivity contribution in [2.75, 3.05) is 37.7 Å². The second-order valence-corrected chi connectivity index (χ2v) is 7.96. The molecule has 0 amide bonds. The van der Waals surface area contributed by atoms with Crippen LogP contribution in [0.15, 0.2) is 29.1 Å². The Hall–Kier alpha value is -2.54. The number of anilines is 1. The molecule has 3 heterocycles. The lowest BCUT2D eigenvalue weighted by molar-refractivity contribution is 0.196. The predicted molar refractivity (Wildman–Crippen MR) is 113 cm³/mol. The van der Waals surface area contributed by atoms with E-state index in [4.69, 9.17) is 9.72 Å². The summed E-state index contributed by atoms with van der Waals surface area (Å²) in [6.45, 7) is 6.80. The molecule has 2 fully saturated rings. The molecule has 156 valence electrons. The molecule has 1 atom stereocenters. The van der Waals surface area contributed by atoms with Crippen molar-refractivity contribution >= 4 is 5.95 Å². The summed E-state index contributed by atoms with van der Waals surface area (Å²) in [4.78, 5) is 24.5. The van der Waals surface area contributed by atoms with Gasteiger partial charge in [0.2, 0.25) is 5.95 Å². The fraction of sp³-hybridized carbons (Fsp3) is 0.545. The highest BCUT2D eigenvalue weighted by molar-refractivity contribution is 5.45. The van der Waals surface area contributed by atoms with Crippen LogP contribution < -0.4 is 15.2 Å². The fourth-order valence-corrected chi connectivity index (χ4v) is 4.40. The lowest BCUT2D eigenvalue weighted by Crippen LogP contribution is -2.35. The van der Waals surface area contributed by atoms with Gasteiger partial charge in [-0.25, -0.2) is 4.98 Å². The van der Waals surface area contributed by atoms with E-state index in [-0.39, 0.29) is 17.2 Å². The summed E-state index contributed by atoms with van der Waals surface area (Å²) < 4.78 is 5.51. The standard InChI is InChI=1S/C22H30N4O3/c1-2-29-19-9-5-7-17(21(19)28)15-25-10-6-8-16(14-25)18-13-20(27)24-22(23-18)26-11-3-4-12-26/h5,7,9,13,16,28H,2-4,6,8,10-12,14-15H2,1H3,(H,23,24,27). The Labute approximate surface area is 171 Å². The van der Waals surface area contributed by atoms with E-state index in [2.05, 4.69) is 14.8 Å². The van der Waals surface area contributed by atoms with Gasteiger partial charge in [-0.1, -0.05) is 12.1 Å². The van der Waals surface area contributed by atoms with E-state index >= 15 is 0 Å². The van der Waals surface area contributed by atoms with Gasteiger partial charge in [0.25, 0.3) is 5.56 Å². The molecular formula is C22H30N4O3. The zero-order chi connectivity index (χ0) is 20.2. The molecule has 1 aromatic heterocycles. The van der Waals surface area contributed by atoms with Crippen molar-refractivity contribution in [3.63, 3.8) is 0 Å². The molecule has 7 heteroatoms. The quantitative estimate of drug-likeness (QED) is 0.779. The predicted octanol–water partition coefficient (Wildman–Crippen LogP) is 2.85. The Kier molecular flexibility index (Phi) is 6.04. The second kappa shape index (κ2) is 8.86. The number of ether oxygens (including phenoxy) is 1. The minimum absolute atomic E-state index is 0.0731. The molecule has 0 radical (unpaired) electrons. The number of piperidine rings is 1. The molecule has 2 aromatic rings. The number of nitrogens with one attached hydrogen (secondary N) is 1. The van der Waals surface area contributed by atoms with Crippen LogP contribution in [0.25, 0.3) is 0 Å². The number of hydrogen-bond donors (Lipinski definition) is 2. The zero-order valence-corrected chi connectivity index (χ0v) is 17.1. The van der Waals surface area contributed by atoms with Gasteiger partial charge in [-0.3, -0.25) is 14.7 Å². The van der Waals surface area contributed by atoms with E-state index < -0.39 is 0 Å². The van der Waals surface area contributed by atoms with Gasteiger partial charge < -0.3 is 14.7 Å². The van der Waals surface area contributed by atoms with E-state index in [1.807, 2.05) is 19.1 Å². The van der Waals surface area contributed by atoms with Gasteiger partial charge in [0.05, 0.1) is 12.3 Å². The van der Waals surface area contributed by atoms with Crippen LogP contribution in [0.2, 0.25) is 0 Å². The van der Waals surface area contributed by atoms with E-state index in [9.17, 15) is 9.90 Å².